The molecule has 0 atom stereocenters. The lowest BCUT2D eigenvalue weighted by atomic mass is 10.1. The van der Waals surface area contributed by atoms with E-state index in [2.05, 4.69) is 25.6 Å². The quantitative estimate of drug-likeness (QED) is 0.435. The Morgan fingerprint density at radius 1 is 1.32 bits per heavy atom. The Kier molecular flexibility index (Phi) is 4.46. The second kappa shape index (κ2) is 6.87. The lowest BCUT2D eigenvalue weighted by Crippen LogP contribution is -2.04. The van der Waals surface area contributed by atoms with Gasteiger partial charge in [0.15, 0.2) is 11.6 Å². The fourth-order valence-electron chi connectivity index (χ4n) is 2.12. The van der Waals surface area contributed by atoms with Crippen molar-refractivity contribution in [3.8, 4) is 5.82 Å². The van der Waals surface area contributed by atoms with Gasteiger partial charge in [0, 0.05) is 30.0 Å². The first-order valence-corrected chi connectivity index (χ1v) is 7.42. The van der Waals surface area contributed by atoms with E-state index in [-0.39, 0.29) is 5.69 Å². The lowest BCUT2D eigenvalue weighted by Gasteiger charge is -2.05. The molecule has 0 aliphatic rings. The van der Waals surface area contributed by atoms with Crippen molar-refractivity contribution in [3.05, 3.63) is 70.3 Å². The van der Waals surface area contributed by atoms with Crippen molar-refractivity contribution in [2.24, 2.45) is 5.10 Å². The highest BCUT2D eigenvalue weighted by Gasteiger charge is 2.07. The Hall–Kier alpha value is -3.62. The van der Waals surface area contributed by atoms with Crippen molar-refractivity contribution >= 4 is 17.2 Å². The summed E-state index contributed by atoms with van der Waals surface area (Å²) in [4.78, 5) is 18.7. The minimum atomic E-state index is -0.438. The van der Waals surface area contributed by atoms with Crippen LogP contribution < -0.4 is 5.43 Å². The Labute approximate surface area is 143 Å². The van der Waals surface area contributed by atoms with Crippen molar-refractivity contribution in [2.75, 3.05) is 5.43 Å². The Balaban J connectivity index is 1.79. The first-order chi connectivity index (χ1) is 12.0. The van der Waals surface area contributed by atoms with Crippen LogP contribution in [0.3, 0.4) is 0 Å². The van der Waals surface area contributed by atoms with E-state index in [1.54, 1.807) is 36.0 Å². The van der Waals surface area contributed by atoms with Gasteiger partial charge in [-0.1, -0.05) is 12.1 Å². The average molecular weight is 337 g/mol. The molecule has 0 aliphatic carbocycles. The van der Waals surface area contributed by atoms with Crippen LogP contribution in [0.5, 0.6) is 0 Å². The Morgan fingerprint density at radius 2 is 2.16 bits per heavy atom. The minimum absolute atomic E-state index is 0.0189. The number of non-ortho nitro benzene ring substituents is 1. The van der Waals surface area contributed by atoms with Gasteiger partial charge < -0.3 is 0 Å². The highest BCUT2D eigenvalue weighted by molar-refractivity contribution is 5.99. The third kappa shape index (κ3) is 3.83. The summed E-state index contributed by atoms with van der Waals surface area (Å²) < 4.78 is 1.64. The van der Waals surface area contributed by atoms with Gasteiger partial charge in [-0.15, -0.1) is 0 Å². The Morgan fingerprint density at radius 3 is 2.88 bits per heavy atom. The van der Waals surface area contributed by atoms with E-state index >= 15 is 0 Å². The highest BCUT2D eigenvalue weighted by atomic mass is 16.6. The molecule has 2 heterocycles. The molecule has 25 heavy (non-hydrogen) atoms. The van der Waals surface area contributed by atoms with Gasteiger partial charge in [-0.3, -0.25) is 15.5 Å². The molecule has 1 N–H and O–H groups in total. The molecule has 0 fully saturated rings. The first-order valence-electron chi connectivity index (χ1n) is 7.42. The number of nitro groups is 1. The Bertz CT molecular complexity index is 949. The zero-order valence-corrected chi connectivity index (χ0v) is 13.6. The van der Waals surface area contributed by atoms with Crippen LogP contribution in [0, 0.1) is 17.0 Å². The monoisotopic (exact) mass is 337 g/mol. The summed E-state index contributed by atoms with van der Waals surface area (Å²) in [5, 5.41) is 19.3. The van der Waals surface area contributed by atoms with E-state index in [1.165, 1.54) is 18.5 Å². The van der Waals surface area contributed by atoms with Crippen LogP contribution in [0.25, 0.3) is 5.82 Å². The summed E-state index contributed by atoms with van der Waals surface area (Å²) in [6.07, 6.45) is 5.00. The molecule has 0 saturated carbocycles. The van der Waals surface area contributed by atoms with Crippen LogP contribution in [0.2, 0.25) is 0 Å². The van der Waals surface area contributed by atoms with Gasteiger partial charge in [0.05, 0.1) is 16.8 Å². The van der Waals surface area contributed by atoms with Crippen LogP contribution in [0.15, 0.2) is 54.2 Å². The van der Waals surface area contributed by atoms with Crippen LogP contribution >= 0.6 is 0 Å². The maximum atomic E-state index is 10.9. The third-order valence-corrected chi connectivity index (χ3v) is 3.41. The highest BCUT2D eigenvalue weighted by Crippen LogP contribution is 2.14. The smallest absolute Gasteiger partial charge is 0.261 e. The maximum absolute atomic E-state index is 10.9. The first kappa shape index (κ1) is 16.2. The molecule has 0 bridgehead atoms. The predicted molar refractivity (Wildman–Crippen MR) is 92.8 cm³/mol. The number of aryl methyl sites for hydroxylation is 1. The van der Waals surface area contributed by atoms with Crippen molar-refractivity contribution < 1.29 is 4.92 Å². The zero-order chi connectivity index (χ0) is 17.8. The maximum Gasteiger partial charge on any atom is 0.270 e. The summed E-state index contributed by atoms with van der Waals surface area (Å²) in [6, 6.07) is 7.99. The van der Waals surface area contributed by atoms with Crippen molar-refractivity contribution in [1.82, 2.24) is 19.7 Å². The summed E-state index contributed by atoms with van der Waals surface area (Å²) in [5.41, 5.74) is 5.12. The number of hydrogen-bond acceptors (Lipinski definition) is 7. The van der Waals surface area contributed by atoms with E-state index in [9.17, 15) is 10.1 Å². The minimum Gasteiger partial charge on any atom is -0.261 e. The molecular formula is C16H15N7O2. The molecule has 0 unspecified atom stereocenters. The number of hydrogen-bond donors (Lipinski definition) is 1. The largest absolute Gasteiger partial charge is 0.270 e. The number of nitrogens with zero attached hydrogens (tertiary/aromatic N) is 6. The normalized spacial score (nSPS) is 11.4. The summed E-state index contributed by atoms with van der Waals surface area (Å²) in [5.74, 6) is 1.09. The van der Waals surface area contributed by atoms with Crippen molar-refractivity contribution in [1.29, 1.82) is 0 Å². The van der Waals surface area contributed by atoms with Crippen LogP contribution in [-0.4, -0.2) is 30.4 Å². The van der Waals surface area contributed by atoms with E-state index in [0.29, 0.717) is 22.9 Å². The van der Waals surface area contributed by atoms with E-state index in [0.717, 1.165) is 5.56 Å². The van der Waals surface area contributed by atoms with E-state index in [1.807, 2.05) is 13.1 Å². The van der Waals surface area contributed by atoms with E-state index in [4.69, 9.17) is 0 Å². The molecule has 0 radical (unpaired) electrons. The number of anilines is 1. The molecule has 9 nitrogen and oxygen atoms in total. The SMILES string of the molecule is CC(=NNc1cc(-n2cc(C)cn2)ncn1)c1cccc([N+](=O)[O-])c1. The van der Waals surface area contributed by atoms with E-state index < -0.39 is 4.92 Å². The van der Waals surface area contributed by atoms with Crippen LogP contribution in [-0.2, 0) is 0 Å². The van der Waals surface area contributed by atoms with Gasteiger partial charge >= 0.3 is 0 Å². The van der Waals surface area contributed by atoms with Crippen molar-refractivity contribution in [3.63, 3.8) is 0 Å². The second-order valence-electron chi connectivity index (χ2n) is 5.34. The molecule has 3 rings (SSSR count). The number of nitro benzene ring substituents is 1. The van der Waals surface area contributed by atoms with Gasteiger partial charge in [-0.05, 0) is 19.4 Å². The number of aromatic nitrogens is 4. The molecule has 2 aromatic heterocycles. The van der Waals surface area contributed by atoms with Gasteiger partial charge in [-0.25, -0.2) is 14.6 Å². The number of benzene rings is 1. The molecule has 3 aromatic rings. The van der Waals surface area contributed by atoms with Crippen LogP contribution in [0.4, 0.5) is 11.5 Å². The molecule has 0 aliphatic heterocycles. The van der Waals surface area contributed by atoms with Gasteiger partial charge in [0.2, 0.25) is 0 Å². The van der Waals surface area contributed by atoms with Crippen LogP contribution in [0.1, 0.15) is 18.1 Å². The van der Waals surface area contributed by atoms with Gasteiger partial charge in [-0.2, -0.15) is 10.2 Å². The molecule has 0 amide bonds. The summed E-state index contributed by atoms with van der Waals surface area (Å²) in [6.45, 7) is 3.70. The van der Waals surface area contributed by atoms with Gasteiger partial charge in [0.1, 0.15) is 6.33 Å². The molecular weight excluding hydrogens is 322 g/mol. The van der Waals surface area contributed by atoms with Crippen molar-refractivity contribution in [2.45, 2.75) is 13.8 Å². The standard InChI is InChI=1S/C16H15N7O2/c1-11-8-19-22(9-11)16-7-15(17-10-18-16)21-20-12(2)13-4-3-5-14(6-13)23(24)25/h3-10H,1-2H3,(H,17,18,21). The second-order valence-corrected chi connectivity index (χ2v) is 5.34. The summed E-state index contributed by atoms with van der Waals surface area (Å²) in [7, 11) is 0. The zero-order valence-electron chi connectivity index (χ0n) is 13.6. The number of rotatable bonds is 5. The molecule has 9 heteroatoms. The topological polar surface area (TPSA) is 111 Å². The predicted octanol–water partition coefficient (Wildman–Crippen LogP) is 2.72. The molecule has 1 aromatic carbocycles. The fourth-order valence-corrected chi connectivity index (χ4v) is 2.12. The number of nitrogens with one attached hydrogen (secondary N) is 1. The average Bonchev–Trinajstić information content (AvgIpc) is 3.06. The third-order valence-electron chi connectivity index (χ3n) is 3.41. The molecule has 0 saturated heterocycles. The summed E-state index contributed by atoms with van der Waals surface area (Å²) >= 11 is 0. The fraction of sp³-hybridized carbons (Fsp3) is 0.125. The lowest BCUT2D eigenvalue weighted by molar-refractivity contribution is -0.384. The molecule has 0 spiro atoms. The van der Waals surface area contributed by atoms with Gasteiger partial charge in [0.25, 0.3) is 5.69 Å². The number of hydrazone groups is 1. The molecule has 126 valence electrons.